The first-order chi connectivity index (χ1) is 23.8. The van der Waals surface area contributed by atoms with Crippen LogP contribution >= 0.6 is 0 Å². The highest BCUT2D eigenvalue weighted by Gasteiger charge is 2.50. The number of anilines is 1. The van der Waals surface area contributed by atoms with Crippen molar-refractivity contribution >= 4 is 27.5 Å². The lowest BCUT2D eigenvalue weighted by Gasteiger charge is -2.50. The Labute approximate surface area is 284 Å². The van der Waals surface area contributed by atoms with E-state index in [1.807, 2.05) is 4.90 Å². The molecule has 3 unspecified atom stereocenters. The molecule has 0 spiro atoms. The zero-order chi connectivity index (χ0) is 33.7. The number of aliphatic hydroxyl groups excluding tert-OH is 1. The highest BCUT2D eigenvalue weighted by atomic mass is 19.1. The van der Waals surface area contributed by atoms with Crippen molar-refractivity contribution in [1.29, 1.82) is 0 Å². The third-order valence-corrected chi connectivity index (χ3v) is 11.3. The third kappa shape index (κ3) is 5.81. The number of halogens is 2. The number of ether oxygens (including phenoxy) is 3. The van der Waals surface area contributed by atoms with Crippen LogP contribution in [0, 0.1) is 17.0 Å². The average molecular weight is 676 g/mol. The molecule has 2 aromatic carbocycles. The average Bonchev–Trinajstić information content (AvgIpc) is 3.55. The number of aromatic nitrogens is 3. The summed E-state index contributed by atoms with van der Waals surface area (Å²) in [7, 11) is 1.43. The maximum Gasteiger partial charge on any atom is 0.319 e. The molecule has 260 valence electrons. The summed E-state index contributed by atoms with van der Waals surface area (Å²) in [6.07, 6.45) is 8.30. The second kappa shape index (κ2) is 13.1. The summed E-state index contributed by atoms with van der Waals surface area (Å²) in [4.78, 5) is 18.7. The number of aromatic hydroxyl groups is 1. The van der Waals surface area contributed by atoms with Gasteiger partial charge in [-0.3, -0.25) is 4.90 Å². The second-order valence-electron chi connectivity index (χ2n) is 14.2. The minimum Gasteiger partial charge on any atom is -0.508 e. The number of likely N-dealkylation sites (tertiary alicyclic amines) is 1. The molecule has 1 aliphatic carbocycles. The number of hydrogen-bond donors (Lipinski definition) is 2. The van der Waals surface area contributed by atoms with Crippen molar-refractivity contribution < 1.29 is 33.2 Å². The molecule has 1 saturated carbocycles. The molecule has 5 heterocycles. The maximum atomic E-state index is 17.0. The first-order valence-corrected chi connectivity index (χ1v) is 17.6. The molecule has 49 heavy (non-hydrogen) atoms. The summed E-state index contributed by atoms with van der Waals surface area (Å²) >= 11 is 0. The van der Waals surface area contributed by atoms with Gasteiger partial charge in [0.15, 0.2) is 5.82 Å². The van der Waals surface area contributed by atoms with Crippen molar-refractivity contribution in [3.63, 3.8) is 0 Å². The summed E-state index contributed by atoms with van der Waals surface area (Å²) in [6, 6.07) is 8.14. The topological polar surface area (TPSA) is 113 Å². The van der Waals surface area contributed by atoms with Gasteiger partial charge < -0.3 is 29.3 Å². The predicted octanol–water partition coefficient (Wildman–Crippen LogP) is 5.99. The number of β-amino-alcohol motifs (C(OH)–C–C–N with tert-alkyl or cyclic N) is 1. The lowest BCUT2D eigenvalue weighted by Crippen LogP contribution is -2.56. The minimum atomic E-state index is -0.808. The van der Waals surface area contributed by atoms with E-state index >= 15 is 8.78 Å². The third-order valence-electron chi connectivity index (χ3n) is 11.3. The van der Waals surface area contributed by atoms with Crippen molar-refractivity contribution in [3.8, 4) is 28.9 Å². The number of piperidine rings is 2. The zero-order valence-electron chi connectivity index (χ0n) is 27.8. The van der Waals surface area contributed by atoms with Gasteiger partial charge in [0.05, 0.1) is 19.8 Å². The van der Waals surface area contributed by atoms with Crippen LogP contribution in [0.25, 0.3) is 32.9 Å². The van der Waals surface area contributed by atoms with Crippen LogP contribution in [0.5, 0.6) is 17.6 Å². The molecule has 3 aliphatic heterocycles. The summed E-state index contributed by atoms with van der Waals surface area (Å²) < 4.78 is 50.2. The van der Waals surface area contributed by atoms with Crippen LogP contribution in [0.2, 0.25) is 0 Å². The van der Waals surface area contributed by atoms with Crippen LogP contribution in [0.15, 0.2) is 30.3 Å². The van der Waals surface area contributed by atoms with E-state index in [-0.39, 0.29) is 50.6 Å². The lowest BCUT2D eigenvalue weighted by atomic mass is 9.74. The summed E-state index contributed by atoms with van der Waals surface area (Å²) in [6.45, 7) is 3.97. The van der Waals surface area contributed by atoms with E-state index in [1.165, 1.54) is 31.4 Å². The quantitative estimate of drug-likeness (QED) is 0.242. The number of rotatable bonds is 7. The van der Waals surface area contributed by atoms with E-state index in [1.54, 1.807) is 6.07 Å². The van der Waals surface area contributed by atoms with Gasteiger partial charge in [0.2, 0.25) is 5.88 Å². The summed E-state index contributed by atoms with van der Waals surface area (Å²) in [5.41, 5.74) is -0.278. The Kier molecular flexibility index (Phi) is 8.65. The van der Waals surface area contributed by atoms with Crippen LogP contribution in [0.3, 0.4) is 0 Å². The largest absolute Gasteiger partial charge is 0.508 e. The minimum absolute atomic E-state index is 0.0378. The Balaban J connectivity index is 1.23. The normalized spacial score (nSPS) is 25.2. The van der Waals surface area contributed by atoms with Gasteiger partial charge in [-0.25, -0.2) is 13.8 Å². The maximum absolute atomic E-state index is 17.0. The van der Waals surface area contributed by atoms with Crippen molar-refractivity contribution in [3.05, 3.63) is 42.0 Å². The van der Waals surface area contributed by atoms with Crippen LogP contribution in [-0.2, 0) is 4.74 Å². The van der Waals surface area contributed by atoms with Gasteiger partial charge in [-0.15, -0.1) is 0 Å². The zero-order valence-corrected chi connectivity index (χ0v) is 27.8. The fourth-order valence-electron chi connectivity index (χ4n) is 9.02. The first kappa shape index (κ1) is 32.3. The molecule has 3 saturated heterocycles. The Bertz CT molecular complexity index is 1870. The van der Waals surface area contributed by atoms with Gasteiger partial charge >= 0.3 is 6.01 Å². The van der Waals surface area contributed by atoms with E-state index in [0.29, 0.717) is 49.4 Å². The van der Waals surface area contributed by atoms with Crippen LogP contribution in [-0.4, -0.2) is 94.8 Å². The number of nitrogens with zero attached hydrogens (tertiary/aromatic N) is 5. The monoisotopic (exact) mass is 675 g/mol. The van der Waals surface area contributed by atoms with Crippen LogP contribution in [0.4, 0.5) is 14.6 Å². The molecular formula is C37H43F2N5O5. The van der Waals surface area contributed by atoms with Crippen LogP contribution in [0.1, 0.15) is 57.8 Å². The molecule has 2 N–H and O–H groups in total. The van der Waals surface area contributed by atoms with Crippen molar-refractivity contribution in [2.45, 2.75) is 76.0 Å². The number of fused-ring (bicyclic) bond motifs is 3. The highest BCUT2D eigenvalue weighted by Crippen LogP contribution is 2.49. The molecule has 12 heteroatoms. The van der Waals surface area contributed by atoms with E-state index in [9.17, 15) is 10.2 Å². The van der Waals surface area contributed by atoms with Gasteiger partial charge in [0.25, 0.3) is 0 Å². The number of pyridine rings is 1. The van der Waals surface area contributed by atoms with E-state index < -0.39 is 17.7 Å². The number of phenolic OH excluding ortho intramolecular Hbond substituents is 1. The molecular weight excluding hydrogens is 632 g/mol. The Morgan fingerprint density at radius 3 is 2.63 bits per heavy atom. The van der Waals surface area contributed by atoms with Gasteiger partial charge in [-0.1, -0.05) is 18.6 Å². The Morgan fingerprint density at radius 1 is 0.980 bits per heavy atom. The molecule has 2 aromatic heterocycles. The van der Waals surface area contributed by atoms with Crippen molar-refractivity contribution in [2.24, 2.45) is 5.41 Å². The predicted molar refractivity (Wildman–Crippen MR) is 181 cm³/mol. The summed E-state index contributed by atoms with van der Waals surface area (Å²) in [5.74, 6) is -1.12. The number of benzene rings is 2. The molecule has 3 atom stereocenters. The van der Waals surface area contributed by atoms with E-state index in [4.69, 9.17) is 19.2 Å². The standard InChI is InChI=1S/C37H43F2N5O5/c1-47-35-30-33(31(39)32(40-35)26-19-25(46)18-22-6-2-8-27(38)29(22)26)41-36(42-34(30)43-14-4-7-24(45)20-43)49-21-37-12-3-9-28(37)44(15-5-13-37)23-10-16-48-17-11-23/h2,6,8,18-19,23-24,28,45-46H,3-5,7,9-17,20-21H2,1H3. The Hall–Kier alpha value is -3.87. The SMILES string of the molecule is COc1nc(-c2cc(O)cc3cccc(F)c23)c(F)c2nc(OCC34CCCC3N(C3CCOCC3)CCC4)nc(N3CCCC(O)C3)c12. The van der Waals surface area contributed by atoms with Gasteiger partial charge in [-0.2, -0.15) is 9.97 Å². The van der Waals surface area contributed by atoms with Crippen molar-refractivity contribution in [2.75, 3.05) is 51.5 Å². The van der Waals surface area contributed by atoms with Crippen LogP contribution < -0.4 is 14.4 Å². The number of hydrogen-bond acceptors (Lipinski definition) is 10. The Morgan fingerprint density at radius 2 is 1.82 bits per heavy atom. The molecule has 10 nitrogen and oxygen atoms in total. The van der Waals surface area contributed by atoms with Gasteiger partial charge in [0, 0.05) is 54.8 Å². The first-order valence-electron chi connectivity index (χ1n) is 17.6. The summed E-state index contributed by atoms with van der Waals surface area (Å²) in [5, 5.41) is 21.9. The van der Waals surface area contributed by atoms with Gasteiger partial charge in [-0.05, 0) is 81.5 Å². The number of aliphatic hydroxyl groups is 1. The highest BCUT2D eigenvalue weighted by molar-refractivity contribution is 6.02. The number of methoxy groups -OCH3 is 1. The molecule has 4 fully saturated rings. The molecule has 0 bridgehead atoms. The molecule has 0 amide bonds. The molecule has 4 aliphatic rings. The second-order valence-corrected chi connectivity index (χ2v) is 14.2. The van der Waals surface area contributed by atoms with E-state index in [0.717, 1.165) is 71.1 Å². The fraction of sp³-hybridized carbons (Fsp3) is 0.541. The molecule has 0 radical (unpaired) electrons. The van der Waals surface area contributed by atoms with Crippen molar-refractivity contribution in [1.82, 2.24) is 19.9 Å². The van der Waals surface area contributed by atoms with Gasteiger partial charge in [0.1, 0.15) is 34.0 Å². The van der Waals surface area contributed by atoms with E-state index in [2.05, 4.69) is 14.9 Å². The molecule has 8 rings (SSSR count). The fourth-order valence-corrected chi connectivity index (χ4v) is 9.02. The smallest absolute Gasteiger partial charge is 0.319 e. The molecule has 4 aromatic rings. The lowest BCUT2D eigenvalue weighted by molar-refractivity contribution is -0.0511. The number of phenols is 1.